The highest BCUT2D eigenvalue weighted by Gasteiger charge is 2.23. The number of amides is 1. The first-order chi connectivity index (χ1) is 12.1. The fourth-order valence-electron chi connectivity index (χ4n) is 2.92. The Bertz CT molecular complexity index is 724. The molecule has 0 aliphatic carbocycles. The Hall–Kier alpha value is -1.82. The predicted molar refractivity (Wildman–Crippen MR) is 98.4 cm³/mol. The number of carbonyl (C=O) groups is 1. The molecule has 1 fully saturated rings. The molecule has 25 heavy (non-hydrogen) atoms. The van der Waals surface area contributed by atoms with E-state index >= 15 is 0 Å². The maximum absolute atomic E-state index is 12.7. The second-order valence-electron chi connectivity index (χ2n) is 5.90. The minimum Gasteiger partial charge on any atom is -0.494 e. The van der Waals surface area contributed by atoms with Crippen molar-refractivity contribution in [1.29, 1.82) is 0 Å². The summed E-state index contributed by atoms with van der Waals surface area (Å²) in [6.07, 6.45) is 3.64. The lowest BCUT2D eigenvalue weighted by Gasteiger charge is -2.34. The van der Waals surface area contributed by atoms with Crippen LogP contribution < -0.4 is 4.74 Å². The van der Waals surface area contributed by atoms with E-state index in [-0.39, 0.29) is 5.91 Å². The quantitative estimate of drug-likeness (QED) is 0.816. The maximum atomic E-state index is 12.7. The molecule has 0 saturated carbocycles. The maximum Gasteiger partial charge on any atom is 0.254 e. The molecule has 1 saturated heterocycles. The van der Waals surface area contributed by atoms with Crippen LogP contribution in [-0.4, -0.2) is 54.0 Å². The van der Waals surface area contributed by atoms with Crippen molar-refractivity contribution in [2.75, 3.05) is 33.3 Å². The Balaban J connectivity index is 1.62. The van der Waals surface area contributed by atoms with E-state index in [1.165, 1.54) is 12.7 Å². The number of carbonyl (C=O) groups excluding carboxylic acids is 1. The zero-order chi connectivity index (χ0) is 17.8. The van der Waals surface area contributed by atoms with Gasteiger partial charge in [-0.15, -0.1) is 0 Å². The number of methoxy groups -OCH3 is 1. The van der Waals surface area contributed by atoms with Crippen LogP contribution in [0.3, 0.4) is 0 Å². The summed E-state index contributed by atoms with van der Waals surface area (Å²) in [6, 6.07) is 7.21. The van der Waals surface area contributed by atoms with Crippen molar-refractivity contribution in [3.8, 4) is 5.75 Å². The Morgan fingerprint density at radius 2 is 1.88 bits per heavy atom. The lowest BCUT2D eigenvalue weighted by Crippen LogP contribution is -2.48. The molecule has 0 bridgehead atoms. The van der Waals surface area contributed by atoms with Crippen LogP contribution in [0.2, 0.25) is 10.0 Å². The van der Waals surface area contributed by atoms with E-state index in [0.29, 0.717) is 34.4 Å². The molecule has 0 unspecified atom stereocenters. The third kappa shape index (κ3) is 4.24. The van der Waals surface area contributed by atoms with Crippen LogP contribution in [0.4, 0.5) is 0 Å². The first-order valence-corrected chi connectivity index (χ1v) is 8.77. The molecule has 1 aliphatic rings. The van der Waals surface area contributed by atoms with Crippen LogP contribution in [0.25, 0.3) is 0 Å². The number of nitrogens with zero attached hydrogens (tertiary/aromatic N) is 3. The molecule has 1 aromatic carbocycles. The third-order valence-corrected chi connectivity index (χ3v) is 4.80. The standard InChI is InChI=1S/C18H19Cl2N3O2/c1-25-17-15(19)9-14(10-16(17)20)18(24)23-7-5-22(6-8-23)12-13-3-2-4-21-11-13/h2-4,9-11H,5-8,12H2,1H3. The van der Waals surface area contributed by atoms with E-state index in [2.05, 4.69) is 16.0 Å². The fourth-order valence-corrected chi connectivity index (χ4v) is 3.56. The van der Waals surface area contributed by atoms with Gasteiger partial charge in [0.1, 0.15) is 0 Å². The van der Waals surface area contributed by atoms with Crippen LogP contribution in [0.15, 0.2) is 36.7 Å². The predicted octanol–water partition coefficient (Wildman–Crippen LogP) is 3.36. The Labute approximate surface area is 157 Å². The number of pyridine rings is 1. The van der Waals surface area contributed by atoms with Gasteiger partial charge in [-0.1, -0.05) is 29.3 Å². The van der Waals surface area contributed by atoms with E-state index < -0.39 is 0 Å². The molecule has 7 heteroatoms. The van der Waals surface area contributed by atoms with Gasteiger partial charge in [-0.3, -0.25) is 14.7 Å². The number of benzene rings is 1. The normalized spacial score (nSPS) is 15.2. The van der Waals surface area contributed by atoms with Crippen LogP contribution >= 0.6 is 23.2 Å². The molecule has 0 radical (unpaired) electrons. The number of rotatable bonds is 4. The molecule has 132 valence electrons. The first-order valence-electron chi connectivity index (χ1n) is 8.02. The molecule has 2 heterocycles. The van der Waals surface area contributed by atoms with E-state index in [0.717, 1.165) is 19.6 Å². The van der Waals surface area contributed by atoms with Gasteiger partial charge in [0, 0.05) is 50.7 Å². The van der Waals surface area contributed by atoms with Gasteiger partial charge < -0.3 is 9.64 Å². The average Bonchev–Trinajstić information content (AvgIpc) is 2.62. The average molecular weight is 380 g/mol. The highest BCUT2D eigenvalue weighted by Crippen LogP contribution is 2.34. The number of ether oxygens (including phenoxy) is 1. The van der Waals surface area contributed by atoms with Gasteiger partial charge >= 0.3 is 0 Å². The monoisotopic (exact) mass is 379 g/mol. The van der Waals surface area contributed by atoms with E-state index in [9.17, 15) is 4.79 Å². The van der Waals surface area contributed by atoms with Crippen LogP contribution in [0.1, 0.15) is 15.9 Å². The summed E-state index contributed by atoms with van der Waals surface area (Å²) in [6.45, 7) is 3.81. The summed E-state index contributed by atoms with van der Waals surface area (Å²) < 4.78 is 5.13. The second-order valence-corrected chi connectivity index (χ2v) is 6.72. The van der Waals surface area contributed by atoms with E-state index in [1.807, 2.05) is 17.2 Å². The van der Waals surface area contributed by atoms with Crippen LogP contribution in [0, 0.1) is 0 Å². The number of piperazine rings is 1. The summed E-state index contributed by atoms with van der Waals surface area (Å²) in [5.74, 6) is 0.327. The molecular formula is C18H19Cl2N3O2. The van der Waals surface area contributed by atoms with Gasteiger partial charge in [-0.2, -0.15) is 0 Å². The van der Waals surface area contributed by atoms with Gasteiger partial charge in [0.2, 0.25) is 0 Å². The fraction of sp³-hybridized carbons (Fsp3) is 0.333. The highest BCUT2D eigenvalue weighted by atomic mass is 35.5. The minimum absolute atomic E-state index is 0.0625. The molecule has 1 amide bonds. The van der Waals surface area contributed by atoms with E-state index in [4.69, 9.17) is 27.9 Å². The van der Waals surface area contributed by atoms with Crippen molar-refractivity contribution < 1.29 is 9.53 Å². The third-order valence-electron chi connectivity index (χ3n) is 4.24. The lowest BCUT2D eigenvalue weighted by molar-refractivity contribution is 0.0628. The summed E-state index contributed by atoms with van der Waals surface area (Å²) in [4.78, 5) is 21.0. The largest absolute Gasteiger partial charge is 0.494 e. The summed E-state index contributed by atoms with van der Waals surface area (Å²) in [5.41, 5.74) is 1.66. The Morgan fingerprint density at radius 1 is 1.20 bits per heavy atom. The van der Waals surface area contributed by atoms with Crippen molar-refractivity contribution in [2.24, 2.45) is 0 Å². The topological polar surface area (TPSA) is 45.7 Å². The van der Waals surface area contributed by atoms with Crippen molar-refractivity contribution in [2.45, 2.75) is 6.54 Å². The van der Waals surface area contributed by atoms with Crippen molar-refractivity contribution in [3.05, 3.63) is 57.8 Å². The second kappa shape index (κ2) is 8.04. The SMILES string of the molecule is COc1c(Cl)cc(C(=O)N2CCN(Cc3cccnc3)CC2)cc1Cl. The van der Waals surface area contributed by atoms with Gasteiger partial charge in [0.25, 0.3) is 5.91 Å². The minimum atomic E-state index is -0.0625. The van der Waals surface area contributed by atoms with E-state index in [1.54, 1.807) is 18.3 Å². The number of hydrogen-bond donors (Lipinski definition) is 0. The molecule has 5 nitrogen and oxygen atoms in total. The molecule has 1 aliphatic heterocycles. The van der Waals surface area contributed by atoms with Gasteiger partial charge in [0.05, 0.1) is 17.2 Å². The molecule has 2 aromatic rings. The van der Waals surface area contributed by atoms with Crippen molar-refractivity contribution in [1.82, 2.24) is 14.8 Å². The molecular weight excluding hydrogens is 361 g/mol. The number of hydrogen-bond acceptors (Lipinski definition) is 4. The zero-order valence-electron chi connectivity index (χ0n) is 13.9. The van der Waals surface area contributed by atoms with Crippen molar-refractivity contribution in [3.63, 3.8) is 0 Å². The summed E-state index contributed by atoms with van der Waals surface area (Å²) >= 11 is 12.3. The van der Waals surface area contributed by atoms with Crippen LogP contribution in [-0.2, 0) is 6.54 Å². The zero-order valence-corrected chi connectivity index (χ0v) is 15.4. The van der Waals surface area contributed by atoms with Gasteiger partial charge in [-0.25, -0.2) is 0 Å². The first kappa shape index (κ1) is 18.0. The highest BCUT2D eigenvalue weighted by molar-refractivity contribution is 6.37. The van der Waals surface area contributed by atoms with Crippen LogP contribution in [0.5, 0.6) is 5.75 Å². The Kier molecular flexibility index (Phi) is 5.78. The summed E-state index contributed by atoms with van der Waals surface area (Å²) in [5, 5.41) is 0.683. The van der Waals surface area contributed by atoms with Gasteiger partial charge in [0.15, 0.2) is 5.75 Å². The molecule has 0 spiro atoms. The lowest BCUT2D eigenvalue weighted by atomic mass is 10.1. The number of halogens is 2. The van der Waals surface area contributed by atoms with Crippen molar-refractivity contribution >= 4 is 29.1 Å². The molecule has 0 atom stereocenters. The summed E-state index contributed by atoms with van der Waals surface area (Å²) in [7, 11) is 1.50. The molecule has 0 N–H and O–H groups in total. The molecule has 1 aromatic heterocycles. The Morgan fingerprint density at radius 3 is 2.44 bits per heavy atom. The number of aromatic nitrogens is 1. The van der Waals surface area contributed by atoms with Gasteiger partial charge in [-0.05, 0) is 23.8 Å². The smallest absolute Gasteiger partial charge is 0.254 e. The molecule has 3 rings (SSSR count).